The summed E-state index contributed by atoms with van der Waals surface area (Å²) in [6.07, 6.45) is -0.0645. The van der Waals surface area contributed by atoms with Crippen molar-refractivity contribution < 1.29 is 19.4 Å². The first kappa shape index (κ1) is 14.5. The fraction of sp³-hybridized carbons (Fsp3) is 0.500. The lowest BCUT2D eigenvalue weighted by Gasteiger charge is -2.41. The van der Waals surface area contributed by atoms with E-state index in [9.17, 15) is 9.59 Å². The third kappa shape index (κ3) is 3.14. The van der Waals surface area contributed by atoms with E-state index in [0.29, 0.717) is 13.1 Å². The Kier molecular flexibility index (Phi) is 3.76. The lowest BCUT2D eigenvalue weighted by Crippen LogP contribution is -2.53. The Morgan fingerprint density at radius 3 is 2.65 bits per heavy atom. The van der Waals surface area contributed by atoms with E-state index in [0.717, 1.165) is 0 Å². The van der Waals surface area contributed by atoms with E-state index >= 15 is 0 Å². The predicted molar refractivity (Wildman–Crippen MR) is 71.7 cm³/mol. The highest BCUT2D eigenvalue weighted by molar-refractivity contribution is 5.94. The zero-order valence-corrected chi connectivity index (χ0v) is 11.8. The molecule has 1 aliphatic heterocycles. The van der Waals surface area contributed by atoms with Crippen molar-refractivity contribution in [2.24, 2.45) is 0 Å². The van der Waals surface area contributed by atoms with E-state index in [4.69, 9.17) is 9.84 Å². The van der Waals surface area contributed by atoms with Crippen molar-refractivity contribution in [1.82, 2.24) is 9.88 Å². The van der Waals surface area contributed by atoms with Crippen molar-refractivity contribution in [3.8, 4) is 0 Å². The van der Waals surface area contributed by atoms with E-state index in [1.165, 1.54) is 18.2 Å². The number of carboxylic acids is 1. The van der Waals surface area contributed by atoms with Gasteiger partial charge in [0.1, 0.15) is 11.4 Å². The summed E-state index contributed by atoms with van der Waals surface area (Å²) in [6, 6.07) is 4.42. The molecule has 0 spiro atoms. The Balaban J connectivity index is 2.22. The van der Waals surface area contributed by atoms with Crippen LogP contribution in [0.5, 0.6) is 0 Å². The first-order valence-electron chi connectivity index (χ1n) is 6.46. The summed E-state index contributed by atoms with van der Waals surface area (Å²) in [6.45, 7) is 6.67. The summed E-state index contributed by atoms with van der Waals surface area (Å²) in [4.78, 5) is 28.9. The summed E-state index contributed by atoms with van der Waals surface area (Å²) in [7, 11) is 0. The number of rotatable bonds is 2. The number of carbonyl (C=O) groups excluding carboxylic acids is 1. The van der Waals surface area contributed by atoms with Gasteiger partial charge in [0.15, 0.2) is 0 Å². The molecule has 0 aromatic carbocycles. The number of amides is 1. The highest BCUT2D eigenvalue weighted by Gasteiger charge is 2.34. The monoisotopic (exact) mass is 278 g/mol. The van der Waals surface area contributed by atoms with Crippen LogP contribution in [0.15, 0.2) is 18.2 Å². The van der Waals surface area contributed by atoms with Gasteiger partial charge in [-0.2, -0.15) is 0 Å². The van der Waals surface area contributed by atoms with Crippen LogP contribution >= 0.6 is 0 Å². The molecular formula is C14H18N2O4. The maximum atomic E-state index is 12.4. The van der Waals surface area contributed by atoms with Crippen molar-refractivity contribution in [3.63, 3.8) is 0 Å². The molecule has 1 N–H and O–H groups in total. The first-order chi connectivity index (χ1) is 9.28. The van der Waals surface area contributed by atoms with Crippen LogP contribution in [0.4, 0.5) is 0 Å². The predicted octanol–water partition coefficient (Wildman–Crippen LogP) is 1.42. The second kappa shape index (κ2) is 5.20. The van der Waals surface area contributed by atoms with Crippen molar-refractivity contribution in [3.05, 3.63) is 29.6 Å². The Bertz CT molecular complexity index is 542. The molecule has 1 unspecified atom stereocenters. The number of carboxylic acid groups (broad SMARTS) is 1. The van der Waals surface area contributed by atoms with Crippen molar-refractivity contribution >= 4 is 11.9 Å². The van der Waals surface area contributed by atoms with Gasteiger partial charge in [0, 0.05) is 13.1 Å². The Hall–Kier alpha value is -1.95. The maximum Gasteiger partial charge on any atom is 0.354 e. The molecule has 0 saturated carbocycles. The van der Waals surface area contributed by atoms with Crippen molar-refractivity contribution in [2.45, 2.75) is 32.5 Å². The van der Waals surface area contributed by atoms with E-state index in [2.05, 4.69) is 4.98 Å². The fourth-order valence-electron chi connectivity index (χ4n) is 2.44. The molecule has 1 fully saturated rings. The van der Waals surface area contributed by atoms with E-state index in [1.54, 1.807) is 4.90 Å². The van der Waals surface area contributed by atoms with Crippen LogP contribution in [-0.2, 0) is 4.74 Å². The van der Waals surface area contributed by atoms with Gasteiger partial charge >= 0.3 is 5.97 Å². The molecule has 1 amide bonds. The van der Waals surface area contributed by atoms with Crippen LogP contribution in [0.25, 0.3) is 0 Å². The summed E-state index contributed by atoms with van der Waals surface area (Å²) < 4.78 is 5.74. The van der Waals surface area contributed by atoms with Gasteiger partial charge in [0.2, 0.25) is 0 Å². The Morgan fingerprint density at radius 1 is 1.40 bits per heavy atom. The second-order valence-corrected chi connectivity index (χ2v) is 5.59. The van der Waals surface area contributed by atoms with Crippen molar-refractivity contribution in [1.29, 1.82) is 0 Å². The Labute approximate surface area is 117 Å². The maximum absolute atomic E-state index is 12.4. The fourth-order valence-corrected chi connectivity index (χ4v) is 2.44. The summed E-state index contributed by atoms with van der Waals surface area (Å²) in [5.74, 6) is -1.41. The van der Waals surface area contributed by atoms with Crippen LogP contribution in [0.1, 0.15) is 41.7 Å². The molecule has 0 bridgehead atoms. The van der Waals surface area contributed by atoms with E-state index in [1.807, 2.05) is 20.8 Å². The van der Waals surface area contributed by atoms with Gasteiger partial charge in [-0.15, -0.1) is 0 Å². The summed E-state index contributed by atoms with van der Waals surface area (Å²) in [5, 5.41) is 8.92. The molecule has 0 radical (unpaired) electrons. The number of aromatic nitrogens is 1. The molecule has 1 aliphatic rings. The highest BCUT2D eigenvalue weighted by atomic mass is 16.5. The molecule has 1 saturated heterocycles. The lowest BCUT2D eigenvalue weighted by atomic mass is 10.1. The number of ether oxygens (including phenoxy) is 1. The normalized spacial score (nSPS) is 21.6. The highest BCUT2D eigenvalue weighted by Crippen LogP contribution is 2.22. The van der Waals surface area contributed by atoms with Crippen LogP contribution in [0.3, 0.4) is 0 Å². The smallest absolute Gasteiger partial charge is 0.354 e. The minimum atomic E-state index is -1.14. The van der Waals surface area contributed by atoms with Crippen molar-refractivity contribution in [2.75, 3.05) is 13.1 Å². The molecule has 2 rings (SSSR count). The molecule has 1 aromatic rings. The molecule has 2 heterocycles. The van der Waals surface area contributed by atoms with Gasteiger partial charge in [0.25, 0.3) is 5.91 Å². The number of nitrogens with zero attached hydrogens (tertiary/aromatic N) is 2. The number of morpholine rings is 1. The summed E-state index contributed by atoms with van der Waals surface area (Å²) >= 11 is 0. The molecule has 1 atom stereocenters. The number of aromatic carboxylic acids is 1. The quantitative estimate of drug-likeness (QED) is 0.885. The largest absolute Gasteiger partial charge is 0.477 e. The molecular weight excluding hydrogens is 260 g/mol. The standard InChI is InChI=1S/C14H18N2O4/c1-9-7-16(8-14(2,3)20-9)12(17)10-5-4-6-11(15-10)13(18)19/h4-6,9H,7-8H2,1-3H3,(H,18,19). The van der Waals surface area contributed by atoms with Crippen LogP contribution in [0.2, 0.25) is 0 Å². The molecule has 20 heavy (non-hydrogen) atoms. The van der Waals surface area contributed by atoms with Gasteiger partial charge in [-0.25, -0.2) is 9.78 Å². The molecule has 6 nitrogen and oxygen atoms in total. The van der Waals surface area contributed by atoms with Gasteiger partial charge in [-0.3, -0.25) is 4.79 Å². The zero-order valence-electron chi connectivity index (χ0n) is 11.8. The topological polar surface area (TPSA) is 79.7 Å². The first-order valence-corrected chi connectivity index (χ1v) is 6.46. The number of hydrogen-bond acceptors (Lipinski definition) is 4. The lowest BCUT2D eigenvalue weighted by molar-refractivity contribution is -0.118. The molecule has 6 heteroatoms. The minimum Gasteiger partial charge on any atom is -0.477 e. The average molecular weight is 278 g/mol. The number of pyridine rings is 1. The molecule has 0 aliphatic carbocycles. The second-order valence-electron chi connectivity index (χ2n) is 5.59. The zero-order chi connectivity index (χ0) is 14.9. The van der Waals surface area contributed by atoms with Gasteiger partial charge < -0.3 is 14.7 Å². The van der Waals surface area contributed by atoms with E-state index in [-0.39, 0.29) is 23.4 Å². The van der Waals surface area contributed by atoms with E-state index < -0.39 is 11.6 Å². The summed E-state index contributed by atoms with van der Waals surface area (Å²) in [5.41, 5.74) is -0.399. The third-order valence-corrected chi connectivity index (χ3v) is 3.04. The number of hydrogen-bond donors (Lipinski definition) is 1. The average Bonchev–Trinajstić information content (AvgIpc) is 2.35. The van der Waals surface area contributed by atoms with Gasteiger partial charge in [-0.1, -0.05) is 6.07 Å². The third-order valence-electron chi connectivity index (χ3n) is 3.04. The van der Waals surface area contributed by atoms with Crippen LogP contribution < -0.4 is 0 Å². The van der Waals surface area contributed by atoms with Crippen LogP contribution in [-0.4, -0.2) is 51.7 Å². The number of carbonyl (C=O) groups is 2. The Morgan fingerprint density at radius 2 is 2.05 bits per heavy atom. The van der Waals surface area contributed by atoms with Gasteiger partial charge in [-0.05, 0) is 32.9 Å². The minimum absolute atomic E-state index is 0.0645. The SMILES string of the molecule is CC1CN(C(=O)c2cccc(C(=O)O)n2)CC(C)(C)O1. The van der Waals surface area contributed by atoms with Gasteiger partial charge in [0.05, 0.1) is 11.7 Å². The molecule has 1 aromatic heterocycles. The van der Waals surface area contributed by atoms with Crippen LogP contribution in [0, 0.1) is 0 Å². The molecule has 108 valence electrons.